The number of nitrogens with one attached hydrogen (secondary N) is 1. The molecule has 0 bridgehead atoms. The van der Waals surface area contributed by atoms with Gasteiger partial charge in [0.1, 0.15) is 0 Å². The first-order valence-corrected chi connectivity index (χ1v) is 3.82. The van der Waals surface area contributed by atoms with Crippen LogP contribution in [0.5, 0.6) is 0 Å². The minimum Gasteiger partial charge on any atom is -0.504 e. The molecule has 0 radical (unpaired) electrons. The highest BCUT2D eigenvalue weighted by Crippen LogP contribution is 2.28. The minimum absolute atomic E-state index is 0.155. The molecular formula is C9H9NO2. The molecule has 0 aliphatic heterocycles. The summed E-state index contributed by atoms with van der Waals surface area (Å²) in [6.45, 7) is 1.79. The van der Waals surface area contributed by atoms with Crippen LogP contribution in [0.3, 0.4) is 0 Å². The van der Waals surface area contributed by atoms with Crippen LogP contribution in [0.4, 0.5) is 0 Å². The molecule has 1 aliphatic carbocycles. The summed E-state index contributed by atoms with van der Waals surface area (Å²) < 4.78 is 0. The topological polar surface area (TPSA) is 53.1 Å². The molecule has 0 aromatic carbocycles. The lowest BCUT2D eigenvalue weighted by Gasteiger charge is -2.14. The highest BCUT2D eigenvalue weighted by molar-refractivity contribution is 6.04. The van der Waals surface area contributed by atoms with Crippen molar-refractivity contribution in [3.05, 3.63) is 29.3 Å². The van der Waals surface area contributed by atoms with Crippen molar-refractivity contribution < 1.29 is 9.90 Å². The molecule has 12 heavy (non-hydrogen) atoms. The molecule has 1 heterocycles. The van der Waals surface area contributed by atoms with Gasteiger partial charge in [-0.25, -0.2) is 0 Å². The van der Waals surface area contributed by atoms with Gasteiger partial charge in [0.05, 0.1) is 0 Å². The number of rotatable bonds is 0. The van der Waals surface area contributed by atoms with Crippen molar-refractivity contribution in [1.82, 2.24) is 4.98 Å². The number of allylic oxidation sites excluding steroid dienone is 1. The Balaban J connectivity index is 2.60. The molecule has 1 atom stereocenters. The fraction of sp³-hybridized carbons (Fsp3) is 0.222. The van der Waals surface area contributed by atoms with E-state index in [9.17, 15) is 9.90 Å². The second kappa shape index (κ2) is 2.24. The van der Waals surface area contributed by atoms with Gasteiger partial charge in [0, 0.05) is 23.9 Å². The summed E-state index contributed by atoms with van der Waals surface area (Å²) in [5.41, 5.74) is 1.79. The van der Waals surface area contributed by atoms with Crippen LogP contribution < -0.4 is 0 Å². The Labute approximate surface area is 69.7 Å². The lowest BCUT2D eigenvalue weighted by molar-refractivity contribution is -0.119. The Bertz CT molecular complexity index is 362. The average molecular weight is 163 g/mol. The van der Waals surface area contributed by atoms with Gasteiger partial charge in [-0.15, -0.1) is 0 Å². The number of Topliss-reactive ketones (excluding diaryl/α,β-unsaturated/α-hetero) is 1. The fourth-order valence-corrected chi connectivity index (χ4v) is 1.47. The molecule has 2 N–H and O–H groups in total. The van der Waals surface area contributed by atoms with Gasteiger partial charge in [-0.2, -0.15) is 0 Å². The summed E-state index contributed by atoms with van der Waals surface area (Å²) >= 11 is 0. The molecular weight excluding hydrogens is 154 g/mol. The van der Waals surface area contributed by atoms with E-state index in [-0.39, 0.29) is 17.5 Å². The summed E-state index contributed by atoms with van der Waals surface area (Å²) in [7, 11) is 0. The van der Waals surface area contributed by atoms with Gasteiger partial charge in [-0.3, -0.25) is 4.79 Å². The number of H-pyrrole nitrogens is 1. The molecule has 0 unspecified atom stereocenters. The zero-order valence-corrected chi connectivity index (χ0v) is 6.66. The molecule has 1 aliphatic rings. The van der Waals surface area contributed by atoms with Gasteiger partial charge < -0.3 is 10.1 Å². The molecule has 0 saturated heterocycles. The van der Waals surface area contributed by atoms with E-state index in [1.807, 2.05) is 6.07 Å². The van der Waals surface area contributed by atoms with Gasteiger partial charge in [-0.1, -0.05) is 6.92 Å². The van der Waals surface area contributed by atoms with Crippen LogP contribution in [0, 0.1) is 0 Å². The Morgan fingerprint density at radius 1 is 1.58 bits per heavy atom. The maximum atomic E-state index is 11.3. The number of aliphatic hydroxyl groups is 1. The van der Waals surface area contributed by atoms with Gasteiger partial charge in [0.25, 0.3) is 0 Å². The van der Waals surface area contributed by atoms with Gasteiger partial charge in [-0.05, 0) is 11.6 Å². The maximum Gasteiger partial charge on any atom is 0.204 e. The number of carbonyl (C=O) groups is 1. The second-order valence-corrected chi connectivity index (χ2v) is 2.96. The van der Waals surface area contributed by atoms with Crippen LogP contribution in [-0.2, 0) is 4.79 Å². The van der Waals surface area contributed by atoms with Crippen LogP contribution in [0.1, 0.15) is 24.1 Å². The number of aliphatic hydroxyl groups excluding tert-OH is 1. The van der Waals surface area contributed by atoms with E-state index in [1.54, 1.807) is 13.1 Å². The number of fused-ring (bicyclic) bond motifs is 1. The molecule has 0 fully saturated rings. The number of aromatic amines is 1. The number of aromatic nitrogens is 1. The Morgan fingerprint density at radius 2 is 2.33 bits per heavy atom. The van der Waals surface area contributed by atoms with Gasteiger partial charge >= 0.3 is 0 Å². The molecule has 0 spiro atoms. The Morgan fingerprint density at radius 3 is 3.08 bits per heavy atom. The van der Waals surface area contributed by atoms with E-state index >= 15 is 0 Å². The SMILES string of the molecule is C[C@@H]1C(=O)C(O)=Cc2[nH]ccc21. The molecule has 3 nitrogen and oxygen atoms in total. The van der Waals surface area contributed by atoms with Gasteiger partial charge in [0.2, 0.25) is 5.78 Å². The highest BCUT2D eigenvalue weighted by atomic mass is 16.3. The molecule has 62 valence electrons. The number of ketones is 1. The summed E-state index contributed by atoms with van der Waals surface area (Å²) in [4.78, 5) is 14.2. The maximum absolute atomic E-state index is 11.3. The van der Waals surface area contributed by atoms with Crippen LogP contribution in [0.25, 0.3) is 6.08 Å². The standard InChI is InChI=1S/C9H9NO2/c1-5-6-2-3-10-7(6)4-8(11)9(5)12/h2-5,10-11H,1H3/t5-/m0/s1. The van der Waals surface area contributed by atoms with E-state index in [0.29, 0.717) is 0 Å². The number of hydrogen-bond donors (Lipinski definition) is 2. The monoisotopic (exact) mass is 163 g/mol. The fourth-order valence-electron chi connectivity index (χ4n) is 1.47. The van der Waals surface area contributed by atoms with E-state index in [0.717, 1.165) is 11.3 Å². The first-order valence-electron chi connectivity index (χ1n) is 3.82. The van der Waals surface area contributed by atoms with Crippen LogP contribution in [0.15, 0.2) is 18.0 Å². The third-order valence-electron chi connectivity index (χ3n) is 2.21. The first-order chi connectivity index (χ1) is 5.70. The van der Waals surface area contributed by atoms with Crippen LogP contribution in [-0.4, -0.2) is 15.9 Å². The predicted molar refractivity (Wildman–Crippen MR) is 44.8 cm³/mol. The first kappa shape index (κ1) is 7.16. The summed E-state index contributed by atoms with van der Waals surface area (Å²) in [6.07, 6.45) is 3.24. The second-order valence-electron chi connectivity index (χ2n) is 2.96. The normalized spacial score (nSPS) is 21.9. The minimum atomic E-state index is -0.226. The molecule has 0 amide bonds. The van der Waals surface area contributed by atoms with E-state index in [1.165, 1.54) is 6.08 Å². The molecule has 0 saturated carbocycles. The van der Waals surface area contributed by atoms with Crippen LogP contribution >= 0.6 is 0 Å². The lowest BCUT2D eigenvalue weighted by atomic mass is 9.91. The average Bonchev–Trinajstić information content (AvgIpc) is 2.48. The van der Waals surface area contributed by atoms with Crippen molar-refractivity contribution in [2.24, 2.45) is 0 Å². The van der Waals surface area contributed by atoms with Crippen molar-refractivity contribution in [3.63, 3.8) is 0 Å². The molecule has 1 aromatic heterocycles. The van der Waals surface area contributed by atoms with Crippen molar-refractivity contribution in [2.45, 2.75) is 12.8 Å². The zero-order chi connectivity index (χ0) is 8.72. The zero-order valence-electron chi connectivity index (χ0n) is 6.66. The molecule has 1 aromatic rings. The number of carbonyl (C=O) groups excluding carboxylic acids is 1. The van der Waals surface area contributed by atoms with Crippen LogP contribution in [0.2, 0.25) is 0 Å². The number of hydrogen-bond acceptors (Lipinski definition) is 2. The van der Waals surface area contributed by atoms with Crippen molar-refractivity contribution in [3.8, 4) is 0 Å². The summed E-state index contributed by atoms with van der Waals surface area (Å²) in [5, 5.41) is 9.20. The predicted octanol–water partition coefficient (Wildman–Crippen LogP) is 1.60. The molecule has 3 heteroatoms. The lowest BCUT2D eigenvalue weighted by Crippen LogP contribution is -2.15. The summed E-state index contributed by atoms with van der Waals surface area (Å²) in [6, 6.07) is 1.86. The van der Waals surface area contributed by atoms with Gasteiger partial charge in [0.15, 0.2) is 5.76 Å². The Kier molecular flexibility index (Phi) is 1.33. The third kappa shape index (κ3) is 0.794. The van der Waals surface area contributed by atoms with E-state index in [4.69, 9.17) is 0 Å². The third-order valence-corrected chi connectivity index (χ3v) is 2.21. The van der Waals surface area contributed by atoms with Crippen molar-refractivity contribution in [2.75, 3.05) is 0 Å². The van der Waals surface area contributed by atoms with Crippen molar-refractivity contribution in [1.29, 1.82) is 0 Å². The Hall–Kier alpha value is -1.51. The van der Waals surface area contributed by atoms with E-state index in [2.05, 4.69) is 4.98 Å². The van der Waals surface area contributed by atoms with E-state index < -0.39 is 0 Å². The van der Waals surface area contributed by atoms with Crippen molar-refractivity contribution >= 4 is 11.9 Å². The quantitative estimate of drug-likeness (QED) is 0.610. The summed E-state index contributed by atoms with van der Waals surface area (Å²) in [5.74, 6) is -0.587. The molecule has 2 rings (SSSR count). The largest absolute Gasteiger partial charge is 0.504 e. The smallest absolute Gasteiger partial charge is 0.204 e. The highest BCUT2D eigenvalue weighted by Gasteiger charge is 2.26.